The molecule has 0 fully saturated rings. The normalized spacial score (nSPS) is 19.5. The van der Waals surface area contributed by atoms with Crippen LogP contribution in [0.2, 0.25) is 0 Å². The molecule has 1 aromatic heterocycles. The highest BCUT2D eigenvalue weighted by Crippen LogP contribution is 2.36. The number of hydrogen-bond donors (Lipinski definition) is 1. The van der Waals surface area contributed by atoms with Gasteiger partial charge in [-0.05, 0) is 37.7 Å². The van der Waals surface area contributed by atoms with Crippen LogP contribution in [0, 0.1) is 0 Å². The Morgan fingerprint density at radius 2 is 1.85 bits per heavy atom. The number of nitrogens with zero attached hydrogens (tertiary/aromatic N) is 4. The van der Waals surface area contributed by atoms with Crippen LogP contribution in [-0.4, -0.2) is 65.0 Å². The highest BCUT2D eigenvalue weighted by atomic mass is 79.9. The van der Waals surface area contributed by atoms with Crippen molar-refractivity contribution in [2.45, 2.75) is 30.5 Å². The molecular formula is C24H30BrN5O2S. The van der Waals surface area contributed by atoms with Crippen LogP contribution in [0.25, 0.3) is 0 Å². The van der Waals surface area contributed by atoms with Crippen LogP contribution < -0.4 is 4.90 Å². The number of anilines is 1. The molecule has 0 amide bonds. The zero-order valence-corrected chi connectivity index (χ0v) is 21.3. The Kier molecular flexibility index (Phi) is 7.53. The van der Waals surface area contributed by atoms with Crippen LogP contribution in [0.15, 0.2) is 67.1 Å². The molecule has 1 aliphatic rings. The monoisotopic (exact) mass is 531 g/mol. The second-order valence-corrected chi connectivity index (χ2v) is 11.6. The number of imidazole rings is 1. The SMILES string of the molecule is CN(C)CCS(=O)(=O)N1Cc2ccccc2N(Cc2cnc[nH]2)C(Br)C1Cc1ccccc1. The van der Waals surface area contributed by atoms with E-state index in [9.17, 15) is 8.42 Å². The van der Waals surface area contributed by atoms with E-state index in [0.29, 0.717) is 26.1 Å². The summed E-state index contributed by atoms with van der Waals surface area (Å²) in [5, 5.41) is 0. The van der Waals surface area contributed by atoms with Gasteiger partial charge in [-0.3, -0.25) is 0 Å². The third kappa shape index (κ3) is 5.66. The van der Waals surface area contributed by atoms with Crippen LogP contribution in [0.3, 0.4) is 0 Å². The largest absolute Gasteiger partial charge is 0.351 e. The van der Waals surface area contributed by atoms with Crippen LogP contribution in [0.4, 0.5) is 5.69 Å². The summed E-state index contributed by atoms with van der Waals surface area (Å²) in [6.07, 6.45) is 4.08. The number of benzene rings is 2. The molecule has 2 unspecified atom stereocenters. The number of para-hydroxylation sites is 1. The molecule has 4 rings (SSSR count). The van der Waals surface area contributed by atoms with Gasteiger partial charge in [-0.2, -0.15) is 4.31 Å². The molecule has 3 aromatic rings. The van der Waals surface area contributed by atoms with Crippen molar-refractivity contribution in [2.24, 2.45) is 0 Å². The van der Waals surface area contributed by atoms with Gasteiger partial charge in [0.2, 0.25) is 10.0 Å². The molecule has 0 spiro atoms. The lowest BCUT2D eigenvalue weighted by Gasteiger charge is -2.37. The van der Waals surface area contributed by atoms with Gasteiger partial charge in [0.15, 0.2) is 0 Å². The van der Waals surface area contributed by atoms with Crippen molar-refractivity contribution in [2.75, 3.05) is 31.3 Å². The number of aromatic amines is 1. The van der Waals surface area contributed by atoms with Crippen LogP contribution in [0.1, 0.15) is 16.8 Å². The topological polar surface area (TPSA) is 72.5 Å². The molecular weight excluding hydrogens is 502 g/mol. The second-order valence-electron chi connectivity index (χ2n) is 8.63. The van der Waals surface area contributed by atoms with Gasteiger partial charge in [0, 0.05) is 25.0 Å². The predicted octanol–water partition coefficient (Wildman–Crippen LogP) is 3.46. The van der Waals surface area contributed by atoms with E-state index in [1.807, 2.05) is 61.6 Å². The number of hydrogen-bond acceptors (Lipinski definition) is 5. The van der Waals surface area contributed by atoms with E-state index < -0.39 is 10.0 Å². The van der Waals surface area contributed by atoms with Gasteiger partial charge in [0.05, 0.1) is 30.4 Å². The van der Waals surface area contributed by atoms with E-state index >= 15 is 0 Å². The van der Waals surface area contributed by atoms with E-state index in [2.05, 4.69) is 49.0 Å². The summed E-state index contributed by atoms with van der Waals surface area (Å²) in [6, 6.07) is 17.9. The van der Waals surface area contributed by atoms with Crippen LogP contribution in [-0.2, 0) is 29.5 Å². The zero-order valence-electron chi connectivity index (χ0n) is 18.9. The summed E-state index contributed by atoms with van der Waals surface area (Å²) in [4.78, 5) is 11.3. The number of sulfonamides is 1. The Bertz CT molecular complexity index is 1140. The Hall–Kier alpha value is -2.20. The molecule has 7 nitrogen and oxygen atoms in total. The lowest BCUT2D eigenvalue weighted by molar-refractivity contribution is 0.306. The molecule has 0 radical (unpaired) electrons. The van der Waals surface area contributed by atoms with Gasteiger partial charge in [-0.15, -0.1) is 0 Å². The minimum Gasteiger partial charge on any atom is -0.351 e. The third-order valence-electron chi connectivity index (χ3n) is 5.95. The fraction of sp³-hybridized carbons (Fsp3) is 0.375. The van der Waals surface area contributed by atoms with Gasteiger partial charge in [0.25, 0.3) is 0 Å². The van der Waals surface area contributed by atoms with E-state index in [4.69, 9.17) is 0 Å². The average Bonchev–Trinajstić information content (AvgIpc) is 3.29. The molecule has 0 saturated carbocycles. The third-order valence-corrected chi connectivity index (χ3v) is 8.87. The quantitative estimate of drug-likeness (QED) is 0.356. The summed E-state index contributed by atoms with van der Waals surface area (Å²) in [6.45, 7) is 1.40. The van der Waals surface area contributed by atoms with Crippen LogP contribution >= 0.6 is 15.9 Å². The number of H-pyrrole nitrogens is 1. The van der Waals surface area contributed by atoms with Gasteiger partial charge < -0.3 is 14.8 Å². The highest BCUT2D eigenvalue weighted by molar-refractivity contribution is 9.09. The van der Waals surface area contributed by atoms with Crippen molar-refractivity contribution in [1.29, 1.82) is 0 Å². The maximum Gasteiger partial charge on any atom is 0.216 e. The fourth-order valence-electron chi connectivity index (χ4n) is 4.19. The van der Waals surface area contributed by atoms with Gasteiger partial charge >= 0.3 is 0 Å². The van der Waals surface area contributed by atoms with Gasteiger partial charge in [-0.1, -0.05) is 64.5 Å². The molecule has 2 aromatic carbocycles. The number of alkyl halides is 1. The van der Waals surface area contributed by atoms with Crippen molar-refractivity contribution >= 4 is 31.6 Å². The molecule has 176 valence electrons. The second kappa shape index (κ2) is 10.4. The van der Waals surface area contributed by atoms with Gasteiger partial charge in [0.1, 0.15) is 4.95 Å². The fourth-order valence-corrected chi connectivity index (χ4v) is 6.95. The predicted molar refractivity (Wildman–Crippen MR) is 136 cm³/mol. The summed E-state index contributed by atoms with van der Waals surface area (Å²) < 4.78 is 29.0. The van der Waals surface area contributed by atoms with Crippen molar-refractivity contribution < 1.29 is 8.42 Å². The average molecular weight is 533 g/mol. The lowest BCUT2D eigenvalue weighted by atomic mass is 10.1. The first-order valence-electron chi connectivity index (χ1n) is 11.0. The van der Waals surface area contributed by atoms with Crippen molar-refractivity contribution in [3.05, 3.63) is 83.9 Å². The first-order chi connectivity index (χ1) is 15.8. The Labute approximate surface area is 204 Å². The maximum atomic E-state index is 13.7. The minimum atomic E-state index is -3.52. The standard InChI is InChI=1S/C24H30BrN5O2S/c1-28(2)12-13-33(31,32)30-16-20-10-6-7-11-22(20)29(17-21-15-26-18-27-21)24(25)23(30)14-19-8-4-3-5-9-19/h3-11,15,18,23-24H,12-14,16-17H2,1-2H3,(H,26,27). The minimum absolute atomic E-state index is 0.0771. The number of halogens is 1. The Morgan fingerprint density at radius 1 is 1.12 bits per heavy atom. The number of nitrogens with one attached hydrogen (secondary N) is 1. The van der Waals surface area contributed by atoms with E-state index in [0.717, 1.165) is 22.5 Å². The number of aromatic nitrogens is 2. The van der Waals surface area contributed by atoms with E-state index in [1.54, 1.807) is 10.6 Å². The highest BCUT2D eigenvalue weighted by Gasteiger charge is 2.40. The van der Waals surface area contributed by atoms with Gasteiger partial charge in [-0.25, -0.2) is 13.4 Å². The molecule has 2 heterocycles. The molecule has 0 bridgehead atoms. The molecule has 9 heteroatoms. The Balaban J connectivity index is 1.77. The molecule has 1 aliphatic heterocycles. The Morgan fingerprint density at radius 3 is 2.55 bits per heavy atom. The first-order valence-corrected chi connectivity index (χ1v) is 13.5. The van der Waals surface area contributed by atoms with Crippen molar-refractivity contribution in [3.63, 3.8) is 0 Å². The number of rotatable bonds is 8. The zero-order chi connectivity index (χ0) is 23.4. The number of fused-ring (bicyclic) bond motifs is 1. The lowest BCUT2D eigenvalue weighted by Crippen LogP contribution is -2.51. The van der Waals surface area contributed by atoms with Crippen molar-refractivity contribution in [1.82, 2.24) is 19.2 Å². The molecule has 0 aliphatic carbocycles. The first kappa shape index (κ1) is 23.9. The van der Waals surface area contributed by atoms with Crippen LogP contribution in [0.5, 0.6) is 0 Å². The maximum absolute atomic E-state index is 13.7. The molecule has 0 saturated heterocycles. The van der Waals surface area contributed by atoms with E-state index in [-0.39, 0.29) is 16.7 Å². The summed E-state index contributed by atoms with van der Waals surface area (Å²) in [5.41, 5.74) is 4.09. The molecule has 33 heavy (non-hydrogen) atoms. The van der Waals surface area contributed by atoms with Crippen molar-refractivity contribution in [3.8, 4) is 0 Å². The van der Waals surface area contributed by atoms with E-state index in [1.165, 1.54) is 0 Å². The summed E-state index contributed by atoms with van der Waals surface area (Å²) >= 11 is 3.93. The summed E-state index contributed by atoms with van der Waals surface area (Å²) in [7, 11) is 0.277. The smallest absolute Gasteiger partial charge is 0.216 e. The molecule has 2 atom stereocenters. The molecule has 1 N–H and O–H groups in total. The summed E-state index contributed by atoms with van der Waals surface area (Å²) in [5.74, 6) is 0.0771.